The van der Waals surface area contributed by atoms with Crippen molar-refractivity contribution in [3.8, 4) is 12.3 Å². The van der Waals surface area contributed by atoms with Crippen molar-refractivity contribution in [2.45, 2.75) is 37.8 Å². The number of rotatable bonds is 4. The summed E-state index contributed by atoms with van der Waals surface area (Å²) >= 11 is 0. The summed E-state index contributed by atoms with van der Waals surface area (Å²) in [7, 11) is 0. The number of terminal acetylenes is 1. The van der Waals surface area contributed by atoms with E-state index >= 15 is 0 Å². The number of amides is 1. The molecule has 0 aromatic rings. The molecule has 0 heterocycles. The topological polar surface area (TPSA) is 61.4 Å². The van der Waals surface area contributed by atoms with Gasteiger partial charge in [-0.2, -0.15) is 0 Å². The number of nitrogens with one attached hydrogen (secondary N) is 2. The Bertz CT molecular complexity index is 247. The Morgan fingerprint density at radius 3 is 2.87 bits per heavy atom. The Kier molecular flexibility index (Phi) is 5.16. The summed E-state index contributed by atoms with van der Waals surface area (Å²) in [6.45, 7) is 0.605. The first kappa shape index (κ1) is 12.0. The van der Waals surface area contributed by atoms with E-state index in [1.165, 1.54) is 0 Å². The lowest BCUT2D eigenvalue weighted by atomic mass is 9.92. The molecular weight excluding hydrogens is 192 g/mol. The molecule has 1 amide bonds. The zero-order valence-corrected chi connectivity index (χ0v) is 8.83. The van der Waals surface area contributed by atoms with Crippen LogP contribution in [0.25, 0.3) is 0 Å². The quantitative estimate of drug-likeness (QED) is 0.438. The molecule has 1 saturated carbocycles. The number of carbonyl (C=O) groups is 1. The number of hydrogen-bond donors (Lipinski definition) is 3. The normalized spacial score (nSPS) is 25.6. The van der Waals surface area contributed by atoms with E-state index in [0.29, 0.717) is 6.54 Å². The van der Waals surface area contributed by atoms with Gasteiger partial charge in [-0.25, -0.2) is 0 Å². The highest BCUT2D eigenvalue weighted by atomic mass is 16.3. The van der Waals surface area contributed by atoms with Crippen LogP contribution in [0.2, 0.25) is 0 Å². The Balaban J connectivity index is 2.21. The third kappa shape index (κ3) is 4.32. The van der Waals surface area contributed by atoms with E-state index in [-0.39, 0.29) is 18.5 Å². The minimum atomic E-state index is -0.393. The van der Waals surface area contributed by atoms with Crippen LogP contribution in [0.5, 0.6) is 0 Å². The first-order chi connectivity index (χ1) is 7.24. The van der Waals surface area contributed by atoms with Gasteiger partial charge in [0, 0.05) is 0 Å². The van der Waals surface area contributed by atoms with Crippen molar-refractivity contribution in [1.29, 1.82) is 0 Å². The molecule has 4 nitrogen and oxygen atoms in total. The maximum atomic E-state index is 11.4. The van der Waals surface area contributed by atoms with Crippen molar-refractivity contribution >= 4 is 5.91 Å². The summed E-state index contributed by atoms with van der Waals surface area (Å²) < 4.78 is 0. The minimum Gasteiger partial charge on any atom is -0.391 e. The Hall–Kier alpha value is -1.05. The van der Waals surface area contributed by atoms with Crippen LogP contribution in [-0.2, 0) is 4.79 Å². The van der Waals surface area contributed by atoms with E-state index in [1.54, 1.807) is 0 Å². The molecule has 0 bridgehead atoms. The molecule has 0 aromatic carbocycles. The number of aliphatic hydroxyl groups is 1. The van der Waals surface area contributed by atoms with E-state index in [0.717, 1.165) is 25.7 Å². The van der Waals surface area contributed by atoms with Crippen LogP contribution in [0.1, 0.15) is 25.7 Å². The smallest absolute Gasteiger partial charge is 0.234 e. The monoisotopic (exact) mass is 210 g/mol. The van der Waals surface area contributed by atoms with Gasteiger partial charge in [-0.1, -0.05) is 18.8 Å². The molecule has 84 valence electrons. The zero-order valence-electron chi connectivity index (χ0n) is 8.83. The van der Waals surface area contributed by atoms with Crippen molar-refractivity contribution in [2.75, 3.05) is 13.1 Å². The van der Waals surface area contributed by atoms with Crippen molar-refractivity contribution < 1.29 is 9.90 Å². The molecular formula is C11H18N2O2. The summed E-state index contributed by atoms with van der Waals surface area (Å²) in [6.07, 6.45) is 8.40. The molecule has 1 aliphatic rings. The van der Waals surface area contributed by atoms with Gasteiger partial charge in [0.25, 0.3) is 0 Å². The Labute approximate surface area is 90.4 Å². The van der Waals surface area contributed by atoms with Crippen molar-refractivity contribution in [3.05, 3.63) is 0 Å². The predicted molar refractivity (Wildman–Crippen MR) is 58.1 cm³/mol. The summed E-state index contributed by atoms with van der Waals surface area (Å²) in [4.78, 5) is 11.4. The van der Waals surface area contributed by atoms with E-state index in [4.69, 9.17) is 6.42 Å². The third-order valence-corrected chi connectivity index (χ3v) is 2.59. The molecule has 4 heteroatoms. The standard InChI is InChI=1S/C11H18N2O2/c1-2-7-12-8-11(15)13-9-5-3-4-6-10(9)14/h1,9-10,12,14H,3-8H2,(H,13,15)/t9-,10-/m0/s1. The average molecular weight is 210 g/mol. The summed E-state index contributed by atoms with van der Waals surface area (Å²) in [5, 5.41) is 15.2. The van der Waals surface area contributed by atoms with E-state index in [2.05, 4.69) is 16.6 Å². The summed E-state index contributed by atoms with van der Waals surface area (Å²) in [5.41, 5.74) is 0. The van der Waals surface area contributed by atoms with Gasteiger partial charge in [-0.3, -0.25) is 10.1 Å². The van der Waals surface area contributed by atoms with Crippen LogP contribution in [0.4, 0.5) is 0 Å². The molecule has 15 heavy (non-hydrogen) atoms. The van der Waals surface area contributed by atoms with Gasteiger partial charge in [0.1, 0.15) is 0 Å². The predicted octanol–water partition coefficient (Wildman–Crippen LogP) is -0.371. The van der Waals surface area contributed by atoms with Gasteiger partial charge in [0.15, 0.2) is 0 Å². The maximum absolute atomic E-state index is 11.4. The minimum absolute atomic E-state index is 0.0844. The number of hydrogen-bond acceptors (Lipinski definition) is 3. The molecule has 1 rings (SSSR count). The van der Waals surface area contributed by atoms with Crippen molar-refractivity contribution in [2.24, 2.45) is 0 Å². The Morgan fingerprint density at radius 2 is 2.20 bits per heavy atom. The Morgan fingerprint density at radius 1 is 1.47 bits per heavy atom. The lowest BCUT2D eigenvalue weighted by Crippen LogP contribution is -2.47. The van der Waals surface area contributed by atoms with Gasteiger partial charge in [0.05, 0.1) is 25.2 Å². The van der Waals surface area contributed by atoms with E-state index in [9.17, 15) is 9.90 Å². The van der Waals surface area contributed by atoms with E-state index < -0.39 is 6.10 Å². The molecule has 0 aliphatic heterocycles. The third-order valence-electron chi connectivity index (χ3n) is 2.59. The van der Waals surface area contributed by atoms with Crippen LogP contribution in [0.15, 0.2) is 0 Å². The highest BCUT2D eigenvalue weighted by Crippen LogP contribution is 2.17. The summed E-state index contributed by atoms with van der Waals surface area (Å²) in [5.74, 6) is 2.29. The van der Waals surface area contributed by atoms with Crippen molar-refractivity contribution in [3.63, 3.8) is 0 Å². The van der Waals surface area contributed by atoms with Gasteiger partial charge < -0.3 is 10.4 Å². The van der Waals surface area contributed by atoms with Crippen LogP contribution < -0.4 is 10.6 Å². The lowest BCUT2D eigenvalue weighted by Gasteiger charge is -2.28. The first-order valence-electron chi connectivity index (χ1n) is 5.35. The average Bonchev–Trinajstić information content (AvgIpc) is 2.22. The highest BCUT2D eigenvalue weighted by Gasteiger charge is 2.23. The second-order valence-corrected chi connectivity index (χ2v) is 3.83. The largest absolute Gasteiger partial charge is 0.391 e. The molecule has 0 unspecified atom stereocenters. The molecule has 1 fully saturated rings. The molecule has 0 spiro atoms. The fourth-order valence-corrected chi connectivity index (χ4v) is 1.79. The highest BCUT2D eigenvalue weighted by molar-refractivity contribution is 5.78. The van der Waals surface area contributed by atoms with Crippen molar-refractivity contribution in [1.82, 2.24) is 10.6 Å². The van der Waals surface area contributed by atoms with Gasteiger partial charge >= 0.3 is 0 Å². The fourth-order valence-electron chi connectivity index (χ4n) is 1.79. The molecule has 0 saturated heterocycles. The van der Waals surface area contributed by atoms with Crippen LogP contribution >= 0.6 is 0 Å². The SMILES string of the molecule is C#CCNCC(=O)N[C@H]1CCCC[C@@H]1O. The molecule has 2 atom stereocenters. The maximum Gasteiger partial charge on any atom is 0.234 e. The molecule has 3 N–H and O–H groups in total. The zero-order chi connectivity index (χ0) is 11.1. The summed E-state index contributed by atoms with van der Waals surface area (Å²) in [6, 6.07) is -0.0844. The van der Waals surface area contributed by atoms with Gasteiger partial charge in [-0.15, -0.1) is 6.42 Å². The van der Waals surface area contributed by atoms with Crippen LogP contribution in [-0.4, -0.2) is 36.2 Å². The second kappa shape index (κ2) is 6.44. The fraction of sp³-hybridized carbons (Fsp3) is 0.727. The lowest BCUT2D eigenvalue weighted by molar-refractivity contribution is -0.122. The molecule has 1 aliphatic carbocycles. The molecule has 0 radical (unpaired) electrons. The van der Waals surface area contributed by atoms with Crippen LogP contribution in [0, 0.1) is 12.3 Å². The number of carbonyl (C=O) groups excluding carboxylic acids is 1. The van der Waals surface area contributed by atoms with Crippen LogP contribution in [0.3, 0.4) is 0 Å². The second-order valence-electron chi connectivity index (χ2n) is 3.83. The first-order valence-corrected chi connectivity index (χ1v) is 5.35. The van der Waals surface area contributed by atoms with Gasteiger partial charge in [0.2, 0.25) is 5.91 Å². The number of aliphatic hydroxyl groups excluding tert-OH is 1. The van der Waals surface area contributed by atoms with E-state index in [1.807, 2.05) is 0 Å². The molecule has 0 aromatic heterocycles. The van der Waals surface area contributed by atoms with Gasteiger partial charge in [-0.05, 0) is 12.8 Å².